The van der Waals surface area contributed by atoms with Crippen LogP contribution >= 0.6 is 0 Å². The third-order valence-corrected chi connectivity index (χ3v) is 2.02. The van der Waals surface area contributed by atoms with Crippen LogP contribution in [0.3, 0.4) is 0 Å². The second-order valence-corrected chi connectivity index (χ2v) is 2.99. The van der Waals surface area contributed by atoms with Gasteiger partial charge in [0.25, 0.3) is 5.69 Å². The van der Waals surface area contributed by atoms with Crippen molar-refractivity contribution < 1.29 is 9.72 Å². The zero-order valence-electron chi connectivity index (χ0n) is 7.90. The van der Waals surface area contributed by atoms with Crippen LogP contribution in [0.15, 0.2) is 12.1 Å². The Morgan fingerprint density at radius 1 is 1.50 bits per heavy atom. The van der Waals surface area contributed by atoms with Gasteiger partial charge in [-0.2, -0.15) is 0 Å². The highest BCUT2D eigenvalue weighted by Gasteiger charge is 2.19. The van der Waals surface area contributed by atoms with Crippen molar-refractivity contribution in [3.8, 4) is 0 Å². The number of Topliss-reactive ketones (excluding diaryl/α,β-unsaturated/α-hetero) is 1. The monoisotopic (exact) mass is 194 g/mol. The van der Waals surface area contributed by atoms with Gasteiger partial charge in [-0.25, -0.2) is 0 Å². The molecule has 5 nitrogen and oxygen atoms in total. The Balaban J connectivity index is 3.49. The van der Waals surface area contributed by atoms with E-state index >= 15 is 0 Å². The summed E-state index contributed by atoms with van der Waals surface area (Å²) < 4.78 is 0. The molecule has 0 saturated carbocycles. The molecule has 1 rings (SSSR count). The molecule has 1 aromatic rings. The van der Waals surface area contributed by atoms with E-state index in [1.165, 1.54) is 26.0 Å². The van der Waals surface area contributed by atoms with E-state index in [9.17, 15) is 14.9 Å². The summed E-state index contributed by atoms with van der Waals surface area (Å²) in [6.07, 6.45) is 0. The van der Waals surface area contributed by atoms with Gasteiger partial charge < -0.3 is 5.73 Å². The minimum absolute atomic E-state index is 0.0810. The highest BCUT2D eigenvalue weighted by Crippen LogP contribution is 2.28. The summed E-state index contributed by atoms with van der Waals surface area (Å²) in [4.78, 5) is 21.1. The minimum atomic E-state index is -0.572. The number of nitrogens with zero attached hydrogens (tertiary/aromatic N) is 1. The molecular weight excluding hydrogens is 184 g/mol. The molecule has 0 amide bonds. The van der Waals surface area contributed by atoms with E-state index in [-0.39, 0.29) is 17.2 Å². The maximum Gasteiger partial charge on any atom is 0.295 e. The lowest BCUT2D eigenvalue weighted by Gasteiger charge is -2.04. The quantitative estimate of drug-likeness (QED) is 0.336. The molecule has 0 aliphatic rings. The SMILES string of the molecule is CC(=O)c1ccc(N)c([N+](=O)[O-])c1C. The fourth-order valence-electron chi connectivity index (χ4n) is 1.34. The number of ketones is 1. The van der Waals surface area contributed by atoms with Crippen molar-refractivity contribution in [2.75, 3.05) is 5.73 Å². The molecule has 0 aliphatic carbocycles. The van der Waals surface area contributed by atoms with Gasteiger partial charge in [-0.3, -0.25) is 14.9 Å². The number of hydrogen-bond acceptors (Lipinski definition) is 4. The Hall–Kier alpha value is -1.91. The molecule has 0 spiro atoms. The summed E-state index contributed by atoms with van der Waals surface area (Å²) in [5.74, 6) is -0.203. The largest absolute Gasteiger partial charge is 0.393 e. The number of benzene rings is 1. The van der Waals surface area contributed by atoms with Crippen molar-refractivity contribution in [3.05, 3.63) is 33.4 Å². The van der Waals surface area contributed by atoms with Crippen molar-refractivity contribution in [2.45, 2.75) is 13.8 Å². The van der Waals surface area contributed by atoms with Crippen LogP contribution in [0.2, 0.25) is 0 Å². The zero-order chi connectivity index (χ0) is 10.9. The topological polar surface area (TPSA) is 86.2 Å². The van der Waals surface area contributed by atoms with Crippen molar-refractivity contribution in [2.24, 2.45) is 0 Å². The van der Waals surface area contributed by atoms with Crippen molar-refractivity contribution in [3.63, 3.8) is 0 Å². The molecule has 5 heteroatoms. The number of nitro groups is 1. The molecule has 0 fully saturated rings. The summed E-state index contributed by atoms with van der Waals surface area (Å²) in [6, 6.07) is 2.88. The van der Waals surface area contributed by atoms with Crippen molar-refractivity contribution in [1.82, 2.24) is 0 Å². The molecule has 0 aromatic heterocycles. The lowest BCUT2D eigenvalue weighted by molar-refractivity contribution is -0.384. The molecular formula is C9H10N2O3. The van der Waals surface area contributed by atoms with Crippen LogP contribution in [0.4, 0.5) is 11.4 Å². The van der Waals surface area contributed by atoms with Crippen LogP contribution < -0.4 is 5.73 Å². The average molecular weight is 194 g/mol. The number of carbonyl (C=O) groups is 1. The fourth-order valence-corrected chi connectivity index (χ4v) is 1.34. The van der Waals surface area contributed by atoms with Gasteiger partial charge in [-0.05, 0) is 26.0 Å². The number of carbonyl (C=O) groups excluding carboxylic acids is 1. The van der Waals surface area contributed by atoms with Gasteiger partial charge in [0.2, 0.25) is 0 Å². The summed E-state index contributed by atoms with van der Waals surface area (Å²) in [7, 11) is 0. The van der Waals surface area contributed by atoms with Gasteiger partial charge >= 0.3 is 0 Å². The lowest BCUT2D eigenvalue weighted by atomic mass is 10.0. The molecule has 0 bridgehead atoms. The first-order valence-electron chi connectivity index (χ1n) is 3.99. The predicted molar refractivity (Wildman–Crippen MR) is 52.3 cm³/mol. The van der Waals surface area contributed by atoms with E-state index < -0.39 is 4.92 Å². The van der Waals surface area contributed by atoms with Gasteiger partial charge in [0.1, 0.15) is 5.69 Å². The molecule has 0 radical (unpaired) electrons. The van der Waals surface area contributed by atoms with Crippen LogP contribution in [0.25, 0.3) is 0 Å². The Labute approximate surface area is 80.7 Å². The number of anilines is 1. The van der Waals surface area contributed by atoms with Crippen molar-refractivity contribution >= 4 is 17.2 Å². The Kier molecular flexibility index (Phi) is 2.51. The summed E-state index contributed by atoms with van der Waals surface area (Å²) in [5.41, 5.74) is 6.00. The predicted octanol–water partition coefficient (Wildman–Crippen LogP) is 1.69. The molecule has 0 unspecified atom stereocenters. The Morgan fingerprint density at radius 2 is 2.07 bits per heavy atom. The van der Waals surface area contributed by atoms with Gasteiger partial charge in [-0.1, -0.05) is 0 Å². The van der Waals surface area contributed by atoms with Gasteiger partial charge in [0.05, 0.1) is 4.92 Å². The Bertz CT molecular complexity index is 413. The highest BCUT2D eigenvalue weighted by molar-refractivity contribution is 5.97. The first kappa shape index (κ1) is 10.2. The fraction of sp³-hybridized carbons (Fsp3) is 0.222. The number of nitrogen functional groups attached to an aromatic ring is 1. The lowest BCUT2D eigenvalue weighted by Crippen LogP contribution is -2.03. The van der Waals surface area contributed by atoms with E-state index in [0.717, 1.165) is 0 Å². The standard InChI is InChI=1S/C9H10N2O3/c1-5-7(6(2)12)3-4-8(10)9(5)11(13)14/h3-4H,10H2,1-2H3. The Morgan fingerprint density at radius 3 is 2.50 bits per heavy atom. The molecule has 0 saturated heterocycles. The summed E-state index contributed by atoms with van der Waals surface area (Å²) in [6.45, 7) is 2.88. The molecule has 2 N–H and O–H groups in total. The number of nitrogens with two attached hydrogens (primary N) is 1. The zero-order valence-corrected chi connectivity index (χ0v) is 7.90. The first-order chi connectivity index (χ1) is 6.45. The van der Waals surface area contributed by atoms with E-state index in [2.05, 4.69) is 0 Å². The van der Waals surface area contributed by atoms with Crippen LogP contribution in [0, 0.1) is 17.0 Å². The molecule has 1 aromatic carbocycles. The maximum absolute atomic E-state index is 11.1. The van der Waals surface area contributed by atoms with E-state index in [1.54, 1.807) is 0 Å². The van der Waals surface area contributed by atoms with E-state index in [4.69, 9.17) is 5.73 Å². The normalized spacial score (nSPS) is 9.86. The second-order valence-electron chi connectivity index (χ2n) is 2.99. The third kappa shape index (κ3) is 1.56. The first-order valence-corrected chi connectivity index (χ1v) is 3.99. The highest BCUT2D eigenvalue weighted by atomic mass is 16.6. The number of rotatable bonds is 2. The minimum Gasteiger partial charge on any atom is -0.393 e. The number of nitro benzene ring substituents is 1. The van der Waals surface area contributed by atoms with Crippen LogP contribution in [-0.4, -0.2) is 10.7 Å². The molecule has 0 aliphatic heterocycles. The third-order valence-electron chi connectivity index (χ3n) is 2.02. The van der Waals surface area contributed by atoms with E-state index in [1.807, 2.05) is 0 Å². The smallest absolute Gasteiger partial charge is 0.295 e. The summed E-state index contributed by atoms with van der Waals surface area (Å²) >= 11 is 0. The number of hydrogen-bond donors (Lipinski definition) is 1. The van der Waals surface area contributed by atoms with E-state index in [0.29, 0.717) is 11.1 Å². The van der Waals surface area contributed by atoms with Gasteiger partial charge in [0, 0.05) is 11.1 Å². The molecule has 0 atom stereocenters. The van der Waals surface area contributed by atoms with Gasteiger partial charge in [-0.15, -0.1) is 0 Å². The van der Waals surface area contributed by atoms with Crippen LogP contribution in [-0.2, 0) is 0 Å². The van der Waals surface area contributed by atoms with Gasteiger partial charge in [0.15, 0.2) is 5.78 Å². The maximum atomic E-state index is 11.1. The second kappa shape index (κ2) is 3.45. The van der Waals surface area contributed by atoms with Crippen LogP contribution in [0.5, 0.6) is 0 Å². The summed E-state index contributed by atoms with van der Waals surface area (Å²) in [5, 5.41) is 10.6. The van der Waals surface area contributed by atoms with Crippen molar-refractivity contribution in [1.29, 1.82) is 0 Å². The molecule has 0 heterocycles. The molecule has 14 heavy (non-hydrogen) atoms. The van der Waals surface area contributed by atoms with Crippen LogP contribution in [0.1, 0.15) is 22.8 Å². The molecule has 74 valence electrons. The average Bonchev–Trinajstić information content (AvgIpc) is 2.02.